The summed E-state index contributed by atoms with van der Waals surface area (Å²) in [6.45, 7) is 4.65. The zero-order valence-electron chi connectivity index (χ0n) is 17.4. The van der Waals surface area contributed by atoms with Gasteiger partial charge in [0.2, 0.25) is 12.2 Å². The number of ether oxygens (including phenoxy) is 4. The lowest BCUT2D eigenvalue weighted by atomic mass is 9.89. The number of carbonyl (C=O) groups excluding carboxylic acids is 2. The van der Waals surface area contributed by atoms with Crippen LogP contribution < -0.4 is 21.4 Å². The molecule has 1 aliphatic heterocycles. The van der Waals surface area contributed by atoms with Crippen molar-refractivity contribution >= 4 is 28.7 Å². The monoisotopic (exact) mass is 436 g/mol. The molecule has 0 radical (unpaired) electrons. The quantitative estimate of drug-likeness (QED) is 0.583. The standard InChI is InChI=1S/C20H24N2O9/c1-9(23)22-12-7-10-5-6-11(8-13(10)29-17(12)25)28-18-15(30-19(21)26)14(24)16(27-4)20(2,3)31-18/h5-8,14-16,18,24H,1-4H3,(H2,21,26)(H,22,23)/t14-,15+,16+,18+/m0/s1. The van der Waals surface area contributed by atoms with Crippen LogP contribution in [0.5, 0.6) is 5.75 Å². The van der Waals surface area contributed by atoms with Crippen LogP contribution in [0.2, 0.25) is 0 Å². The van der Waals surface area contributed by atoms with Crippen molar-refractivity contribution < 1.29 is 38.1 Å². The van der Waals surface area contributed by atoms with Crippen LogP contribution in [-0.2, 0) is 19.0 Å². The van der Waals surface area contributed by atoms with E-state index in [0.717, 1.165) is 0 Å². The maximum absolute atomic E-state index is 12.1. The molecular weight excluding hydrogens is 412 g/mol. The Bertz CT molecular complexity index is 1050. The molecule has 2 aromatic rings. The summed E-state index contributed by atoms with van der Waals surface area (Å²) in [4.78, 5) is 34.6. The molecule has 1 saturated heterocycles. The maximum atomic E-state index is 12.1. The average Bonchev–Trinajstić information content (AvgIpc) is 2.65. The lowest BCUT2D eigenvalue weighted by Gasteiger charge is -2.47. The molecule has 1 aliphatic rings. The van der Waals surface area contributed by atoms with Crippen LogP contribution >= 0.6 is 0 Å². The Morgan fingerprint density at radius 3 is 2.58 bits per heavy atom. The number of primary amides is 1. The smallest absolute Gasteiger partial charge is 0.405 e. The lowest BCUT2D eigenvalue weighted by molar-refractivity contribution is -0.304. The van der Waals surface area contributed by atoms with Gasteiger partial charge < -0.3 is 39.5 Å². The molecule has 0 spiro atoms. The van der Waals surface area contributed by atoms with Crippen LogP contribution in [0.25, 0.3) is 11.0 Å². The SMILES string of the molecule is CO[C@@H]1[C@@H](O)[C@@H](OC(N)=O)[C@H](Oc2ccc3cc(NC(C)=O)c(=O)oc3c2)OC1(C)C. The van der Waals surface area contributed by atoms with E-state index in [-0.39, 0.29) is 17.0 Å². The predicted octanol–water partition coefficient (Wildman–Crippen LogP) is 1.10. The highest BCUT2D eigenvalue weighted by molar-refractivity contribution is 5.91. The minimum absolute atomic E-state index is 0.00897. The van der Waals surface area contributed by atoms with Gasteiger partial charge in [-0.05, 0) is 32.0 Å². The van der Waals surface area contributed by atoms with Crippen LogP contribution in [0, 0.1) is 0 Å². The highest BCUT2D eigenvalue weighted by Crippen LogP contribution is 2.34. The molecule has 0 unspecified atom stereocenters. The molecule has 31 heavy (non-hydrogen) atoms. The molecule has 2 heterocycles. The van der Waals surface area contributed by atoms with E-state index in [4.69, 9.17) is 29.1 Å². The normalized spacial score (nSPS) is 25.1. The Morgan fingerprint density at radius 1 is 1.26 bits per heavy atom. The van der Waals surface area contributed by atoms with E-state index in [9.17, 15) is 19.5 Å². The first kappa shape index (κ1) is 22.5. The summed E-state index contributed by atoms with van der Waals surface area (Å²) in [6.07, 6.45) is -5.73. The summed E-state index contributed by atoms with van der Waals surface area (Å²) in [7, 11) is 1.39. The highest BCUT2D eigenvalue weighted by atomic mass is 16.7. The van der Waals surface area contributed by atoms with E-state index in [1.807, 2.05) is 0 Å². The van der Waals surface area contributed by atoms with Gasteiger partial charge in [-0.3, -0.25) is 4.79 Å². The van der Waals surface area contributed by atoms with Gasteiger partial charge in [0.15, 0.2) is 6.10 Å². The van der Waals surface area contributed by atoms with Gasteiger partial charge in [-0.2, -0.15) is 0 Å². The van der Waals surface area contributed by atoms with Crippen LogP contribution in [0.15, 0.2) is 33.5 Å². The van der Waals surface area contributed by atoms with Crippen molar-refractivity contribution in [1.82, 2.24) is 0 Å². The fraction of sp³-hybridized carbons (Fsp3) is 0.450. The summed E-state index contributed by atoms with van der Waals surface area (Å²) in [6, 6.07) is 6.07. The van der Waals surface area contributed by atoms with E-state index in [1.54, 1.807) is 26.0 Å². The van der Waals surface area contributed by atoms with Crippen molar-refractivity contribution in [2.75, 3.05) is 12.4 Å². The van der Waals surface area contributed by atoms with E-state index in [0.29, 0.717) is 5.39 Å². The third-order valence-electron chi connectivity index (χ3n) is 4.80. The number of benzene rings is 1. The number of carbonyl (C=O) groups is 2. The topological polar surface area (TPSA) is 160 Å². The lowest BCUT2D eigenvalue weighted by Crippen LogP contribution is -2.65. The second-order valence-electron chi connectivity index (χ2n) is 7.58. The maximum Gasteiger partial charge on any atom is 0.405 e. The third-order valence-corrected chi connectivity index (χ3v) is 4.80. The van der Waals surface area contributed by atoms with Gasteiger partial charge in [0.05, 0.1) is 5.60 Å². The molecule has 168 valence electrons. The number of aliphatic hydroxyl groups is 1. The van der Waals surface area contributed by atoms with Crippen LogP contribution in [0.3, 0.4) is 0 Å². The molecule has 11 nitrogen and oxygen atoms in total. The summed E-state index contributed by atoms with van der Waals surface area (Å²) in [5.41, 5.74) is 3.60. The Labute approximate surface area is 177 Å². The molecular formula is C20H24N2O9. The molecule has 1 aromatic carbocycles. The zero-order valence-corrected chi connectivity index (χ0v) is 17.4. The Balaban J connectivity index is 1.92. The van der Waals surface area contributed by atoms with E-state index in [1.165, 1.54) is 26.2 Å². The first-order valence-corrected chi connectivity index (χ1v) is 9.38. The molecule has 1 fully saturated rings. The third kappa shape index (κ3) is 4.79. The molecule has 0 saturated carbocycles. The number of methoxy groups -OCH3 is 1. The summed E-state index contributed by atoms with van der Waals surface area (Å²) < 4.78 is 27.3. The van der Waals surface area contributed by atoms with Crippen molar-refractivity contribution in [1.29, 1.82) is 0 Å². The Hall–Kier alpha value is -3.15. The summed E-state index contributed by atoms with van der Waals surface area (Å²) >= 11 is 0. The van der Waals surface area contributed by atoms with Crippen molar-refractivity contribution in [3.63, 3.8) is 0 Å². The second-order valence-corrected chi connectivity index (χ2v) is 7.58. The van der Waals surface area contributed by atoms with Gasteiger partial charge >= 0.3 is 11.7 Å². The average molecular weight is 436 g/mol. The number of anilines is 1. The van der Waals surface area contributed by atoms with Gasteiger partial charge in [0.25, 0.3) is 0 Å². The zero-order chi connectivity index (χ0) is 22.9. The van der Waals surface area contributed by atoms with Gasteiger partial charge in [-0.15, -0.1) is 0 Å². The predicted molar refractivity (Wildman–Crippen MR) is 108 cm³/mol. The fourth-order valence-corrected chi connectivity index (χ4v) is 3.53. The number of fused-ring (bicyclic) bond motifs is 1. The number of rotatable bonds is 5. The van der Waals surface area contributed by atoms with Crippen LogP contribution in [0.1, 0.15) is 20.8 Å². The van der Waals surface area contributed by atoms with Crippen molar-refractivity contribution in [3.05, 3.63) is 34.7 Å². The molecule has 0 aliphatic carbocycles. The van der Waals surface area contributed by atoms with Gasteiger partial charge in [0.1, 0.15) is 29.2 Å². The number of hydrogen-bond donors (Lipinski definition) is 3. The molecule has 1 aromatic heterocycles. The first-order chi connectivity index (χ1) is 14.5. The second kappa shape index (κ2) is 8.53. The Morgan fingerprint density at radius 2 is 1.97 bits per heavy atom. The fourth-order valence-electron chi connectivity index (χ4n) is 3.53. The van der Waals surface area contributed by atoms with Crippen molar-refractivity contribution in [2.24, 2.45) is 5.73 Å². The molecule has 11 heteroatoms. The van der Waals surface area contributed by atoms with Gasteiger partial charge in [-0.1, -0.05) is 0 Å². The summed E-state index contributed by atoms with van der Waals surface area (Å²) in [5.74, 6) is -0.193. The number of hydrogen-bond acceptors (Lipinski definition) is 9. The van der Waals surface area contributed by atoms with Gasteiger partial charge in [-0.25, -0.2) is 9.59 Å². The van der Waals surface area contributed by atoms with Crippen molar-refractivity contribution in [2.45, 2.75) is 51.0 Å². The number of amides is 2. The molecule has 4 N–H and O–H groups in total. The van der Waals surface area contributed by atoms with E-state index < -0.39 is 47.8 Å². The molecule has 2 amide bonds. The number of aliphatic hydroxyl groups excluding tert-OH is 1. The van der Waals surface area contributed by atoms with Gasteiger partial charge in [0, 0.05) is 25.5 Å². The number of nitrogens with one attached hydrogen (secondary N) is 1. The van der Waals surface area contributed by atoms with Crippen LogP contribution in [0.4, 0.5) is 10.5 Å². The first-order valence-electron chi connectivity index (χ1n) is 9.38. The van der Waals surface area contributed by atoms with E-state index in [2.05, 4.69) is 5.32 Å². The number of nitrogens with two attached hydrogens (primary N) is 1. The highest BCUT2D eigenvalue weighted by Gasteiger charge is 2.52. The Kier molecular flexibility index (Phi) is 6.20. The largest absolute Gasteiger partial charge is 0.461 e. The minimum Gasteiger partial charge on any atom is -0.461 e. The molecule has 0 bridgehead atoms. The summed E-state index contributed by atoms with van der Waals surface area (Å²) in [5, 5.41) is 13.6. The molecule has 3 rings (SSSR count). The van der Waals surface area contributed by atoms with Crippen molar-refractivity contribution in [3.8, 4) is 5.75 Å². The minimum atomic E-state index is -1.29. The van der Waals surface area contributed by atoms with Crippen LogP contribution in [-0.4, -0.2) is 54.4 Å². The molecule has 4 atom stereocenters. The van der Waals surface area contributed by atoms with E-state index >= 15 is 0 Å².